The summed E-state index contributed by atoms with van der Waals surface area (Å²) in [6.07, 6.45) is 2.45. The van der Waals surface area contributed by atoms with E-state index in [4.69, 9.17) is 5.73 Å². The van der Waals surface area contributed by atoms with E-state index in [0.717, 1.165) is 0 Å². The van der Waals surface area contributed by atoms with Crippen LogP contribution in [0, 0.1) is 0 Å². The van der Waals surface area contributed by atoms with Crippen LogP contribution in [-0.2, 0) is 6.42 Å². The lowest BCUT2D eigenvalue weighted by Gasteiger charge is -2.28. The first-order valence-corrected chi connectivity index (χ1v) is 5.28. The second-order valence-corrected chi connectivity index (χ2v) is 4.20. The molecule has 2 rings (SSSR count). The van der Waals surface area contributed by atoms with E-state index in [1.807, 2.05) is 6.92 Å². The maximum absolute atomic E-state index is 5.87. The van der Waals surface area contributed by atoms with Crippen molar-refractivity contribution in [1.82, 2.24) is 0 Å². The Hall–Kier alpha value is -1.02. The van der Waals surface area contributed by atoms with Gasteiger partial charge in [-0.2, -0.15) is 0 Å². The van der Waals surface area contributed by atoms with Crippen LogP contribution in [0.3, 0.4) is 0 Å². The van der Waals surface area contributed by atoms with E-state index in [-0.39, 0.29) is 6.04 Å². The summed E-state index contributed by atoms with van der Waals surface area (Å²) >= 11 is 0. The maximum Gasteiger partial charge on any atom is 0.0396 e. The zero-order chi connectivity index (χ0) is 10.1. The molecular weight excluding hydrogens is 172 g/mol. The van der Waals surface area contributed by atoms with Gasteiger partial charge in [0.15, 0.2) is 0 Å². The molecule has 1 aliphatic heterocycles. The fourth-order valence-corrected chi connectivity index (χ4v) is 2.09. The summed E-state index contributed by atoms with van der Waals surface area (Å²) in [7, 11) is 2.16. The fraction of sp³-hybridized carbons (Fsp3) is 0.500. The van der Waals surface area contributed by atoms with Crippen LogP contribution in [0.4, 0.5) is 5.69 Å². The number of hydrogen-bond donors (Lipinski definition) is 1. The molecule has 14 heavy (non-hydrogen) atoms. The van der Waals surface area contributed by atoms with Crippen LogP contribution in [0.5, 0.6) is 0 Å². The number of nitrogens with two attached hydrogens (primary N) is 1. The highest BCUT2D eigenvalue weighted by Crippen LogP contribution is 2.28. The van der Waals surface area contributed by atoms with Crippen molar-refractivity contribution < 1.29 is 0 Å². The van der Waals surface area contributed by atoms with Crippen molar-refractivity contribution in [3.8, 4) is 0 Å². The average molecular weight is 190 g/mol. The molecule has 1 aromatic rings. The lowest BCUT2D eigenvalue weighted by atomic mass is 9.97. The highest BCUT2D eigenvalue weighted by molar-refractivity contribution is 5.56. The second-order valence-electron chi connectivity index (χ2n) is 4.20. The van der Waals surface area contributed by atoms with Crippen molar-refractivity contribution in [2.45, 2.75) is 25.8 Å². The third-order valence-electron chi connectivity index (χ3n) is 2.98. The molecule has 1 aliphatic rings. The van der Waals surface area contributed by atoms with Gasteiger partial charge < -0.3 is 10.6 Å². The van der Waals surface area contributed by atoms with Gasteiger partial charge in [-0.05, 0) is 37.0 Å². The van der Waals surface area contributed by atoms with Gasteiger partial charge in [0.1, 0.15) is 0 Å². The number of anilines is 1. The summed E-state index contributed by atoms with van der Waals surface area (Å²) in [5.74, 6) is 0. The molecule has 2 heteroatoms. The minimum absolute atomic E-state index is 0.146. The highest BCUT2D eigenvalue weighted by atomic mass is 15.1. The molecule has 0 unspecified atom stereocenters. The highest BCUT2D eigenvalue weighted by Gasteiger charge is 2.14. The first-order chi connectivity index (χ1) is 6.68. The molecule has 1 atom stereocenters. The Morgan fingerprint density at radius 1 is 1.43 bits per heavy atom. The Morgan fingerprint density at radius 2 is 2.21 bits per heavy atom. The van der Waals surface area contributed by atoms with Gasteiger partial charge in [-0.3, -0.25) is 0 Å². The SMILES string of the molecule is C[C@H](N)c1ccc2c(c1)CCCN2C. The minimum Gasteiger partial charge on any atom is -0.374 e. The molecule has 0 amide bonds. The lowest BCUT2D eigenvalue weighted by molar-refractivity contribution is 0.737. The van der Waals surface area contributed by atoms with Crippen LogP contribution in [0.2, 0.25) is 0 Å². The molecular formula is C12H18N2. The first-order valence-electron chi connectivity index (χ1n) is 5.28. The number of fused-ring (bicyclic) bond motifs is 1. The lowest BCUT2D eigenvalue weighted by Crippen LogP contribution is -2.24. The Labute approximate surface area is 85.7 Å². The first kappa shape index (κ1) is 9.53. The Balaban J connectivity index is 2.39. The Kier molecular flexibility index (Phi) is 2.46. The summed E-state index contributed by atoms with van der Waals surface area (Å²) in [6.45, 7) is 3.21. The van der Waals surface area contributed by atoms with E-state index in [2.05, 4.69) is 30.1 Å². The molecule has 0 spiro atoms. The molecule has 0 radical (unpaired) electrons. The molecule has 0 fully saturated rings. The van der Waals surface area contributed by atoms with Gasteiger partial charge in [0, 0.05) is 25.3 Å². The molecule has 76 valence electrons. The third kappa shape index (κ3) is 1.62. The number of hydrogen-bond acceptors (Lipinski definition) is 2. The van der Waals surface area contributed by atoms with Gasteiger partial charge in [-0.1, -0.05) is 12.1 Å². The van der Waals surface area contributed by atoms with Gasteiger partial charge in [0.25, 0.3) is 0 Å². The molecule has 0 saturated heterocycles. The topological polar surface area (TPSA) is 29.3 Å². The number of benzene rings is 1. The average Bonchev–Trinajstić information content (AvgIpc) is 2.17. The van der Waals surface area contributed by atoms with Crippen LogP contribution < -0.4 is 10.6 Å². The predicted octanol–water partition coefficient (Wildman–Crippen LogP) is 2.09. The Bertz CT molecular complexity index is 331. The van der Waals surface area contributed by atoms with Crippen LogP contribution in [0.15, 0.2) is 18.2 Å². The maximum atomic E-state index is 5.87. The van der Waals surface area contributed by atoms with Crippen molar-refractivity contribution in [1.29, 1.82) is 0 Å². The van der Waals surface area contributed by atoms with Gasteiger partial charge in [-0.15, -0.1) is 0 Å². The van der Waals surface area contributed by atoms with Crippen LogP contribution in [0.25, 0.3) is 0 Å². The summed E-state index contributed by atoms with van der Waals surface area (Å²) in [5, 5.41) is 0. The number of rotatable bonds is 1. The molecule has 0 aromatic heterocycles. The number of aryl methyl sites for hydroxylation is 1. The summed E-state index contributed by atoms with van der Waals surface area (Å²) < 4.78 is 0. The second kappa shape index (κ2) is 3.62. The zero-order valence-electron chi connectivity index (χ0n) is 8.96. The molecule has 0 saturated carbocycles. The molecule has 2 nitrogen and oxygen atoms in total. The van der Waals surface area contributed by atoms with Crippen LogP contribution in [0.1, 0.15) is 30.5 Å². The van der Waals surface area contributed by atoms with E-state index in [1.165, 1.54) is 36.2 Å². The van der Waals surface area contributed by atoms with Crippen molar-refractivity contribution in [3.63, 3.8) is 0 Å². The zero-order valence-corrected chi connectivity index (χ0v) is 8.96. The Morgan fingerprint density at radius 3 is 2.93 bits per heavy atom. The summed E-state index contributed by atoms with van der Waals surface area (Å²) in [6, 6.07) is 6.75. The molecule has 2 N–H and O–H groups in total. The number of nitrogens with zero attached hydrogens (tertiary/aromatic N) is 1. The van der Waals surface area contributed by atoms with Crippen molar-refractivity contribution in [2.75, 3.05) is 18.5 Å². The molecule has 1 aromatic carbocycles. The smallest absolute Gasteiger partial charge is 0.0396 e. The van der Waals surface area contributed by atoms with Gasteiger partial charge in [0.2, 0.25) is 0 Å². The fourth-order valence-electron chi connectivity index (χ4n) is 2.09. The summed E-state index contributed by atoms with van der Waals surface area (Å²) in [5.41, 5.74) is 9.94. The predicted molar refractivity (Wildman–Crippen MR) is 60.6 cm³/mol. The standard InChI is InChI=1S/C12H18N2/c1-9(13)10-5-6-12-11(8-10)4-3-7-14(12)2/h5-6,8-9H,3-4,7,13H2,1-2H3/t9-/m0/s1. The molecule has 0 bridgehead atoms. The van der Waals surface area contributed by atoms with E-state index in [0.29, 0.717) is 0 Å². The van der Waals surface area contributed by atoms with E-state index < -0.39 is 0 Å². The normalized spacial score (nSPS) is 17.8. The monoisotopic (exact) mass is 190 g/mol. The summed E-state index contributed by atoms with van der Waals surface area (Å²) in [4.78, 5) is 2.32. The van der Waals surface area contributed by atoms with Crippen LogP contribution >= 0.6 is 0 Å². The third-order valence-corrected chi connectivity index (χ3v) is 2.98. The van der Waals surface area contributed by atoms with Crippen molar-refractivity contribution in [3.05, 3.63) is 29.3 Å². The molecule has 0 aliphatic carbocycles. The van der Waals surface area contributed by atoms with Gasteiger partial charge >= 0.3 is 0 Å². The largest absolute Gasteiger partial charge is 0.374 e. The van der Waals surface area contributed by atoms with Crippen LogP contribution in [-0.4, -0.2) is 13.6 Å². The van der Waals surface area contributed by atoms with E-state index in [9.17, 15) is 0 Å². The molecule has 1 heterocycles. The van der Waals surface area contributed by atoms with E-state index in [1.54, 1.807) is 0 Å². The minimum atomic E-state index is 0.146. The quantitative estimate of drug-likeness (QED) is 0.734. The van der Waals surface area contributed by atoms with Crippen molar-refractivity contribution in [2.24, 2.45) is 5.73 Å². The van der Waals surface area contributed by atoms with E-state index >= 15 is 0 Å². The van der Waals surface area contributed by atoms with Gasteiger partial charge in [-0.25, -0.2) is 0 Å². The van der Waals surface area contributed by atoms with Gasteiger partial charge in [0.05, 0.1) is 0 Å². The van der Waals surface area contributed by atoms with Crippen molar-refractivity contribution >= 4 is 5.69 Å².